The molecule has 0 spiro atoms. The van der Waals surface area contributed by atoms with E-state index in [0.29, 0.717) is 18.8 Å². The largest absolute Gasteiger partial charge is 0.494 e. The minimum atomic E-state index is -1.05. The average molecular weight is 443 g/mol. The second-order valence-electron chi connectivity index (χ2n) is 6.55. The molecule has 0 bridgehead atoms. The highest BCUT2D eigenvalue weighted by Gasteiger charge is 2.16. The topological polar surface area (TPSA) is 57.4 Å². The molecule has 0 radical (unpaired) electrons. The van der Waals surface area contributed by atoms with E-state index in [1.807, 2.05) is 43.3 Å². The van der Waals surface area contributed by atoms with Crippen LogP contribution in [-0.2, 0) is 6.61 Å². The van der Waals surface area contributed by atoms with Gasteiger partial charge in [0, 0.05) is 5.56 Å². The highest BCUT2D eigenvalue weighted by Crippen LogP contribution is 2.31. The summed E-state index contributed by atoms with van der Waals surface area (Å²) in [5.74, 6) is -0.329. The van der Waals surface area contributed by atoms with Gasteiger partial charge in [-0.15, -0.1) is 10.2 Å². The van der Waals surface area contributed by atoms with Crippen LogP contribution in [0, 0.1) is 11.6 Å². The maximum Gasteiger partial charge on any atom is 0.249 e. The van der Waals surface area contributed by atoms with Crippen LogP contribution >= 0.6 is 11.6 Å². The molecule has 0 aliphatic carbocycles. The zero-order valence-corrected chi connectivity index (χ0v) is 17.2. The first-order valence-corrected chi connectivity index (χ1v) is 9.84. The van der Waals surface area contributed by atoms with E-state index < -0.39 is 11.6 Å². The fourth-order valence-electron chi connectivity index (χ4n) is 2.84. The Morgan fingerprint density at radius 1 is 0.839 bits per heavy atom. The zero-order chi connectivity index (χ0) is 21.8. The fourth-order valence-corrected chi connectivity index (χ4v) is 3.08. The maximum atomic E-state index is 13.5. The molecule has 3 aromatic carbocycles. The summed E-state index contributed by atoms with van der Waals surface area (Å²) in [6.07, 6.45) is 0. The lowest BCUT2D eigenvalue weighted by atomic mass is 10.1. The first-order chi connectivity index (χ1) is 15.0. The summed E-state index contributed by atoms with van der Waals surface area (Å²) >= 11 is 5.97. The predicted octanol–water partition coefficient (Wildman–Crippen LogP) is 6.31. The van der Waals surface area contributed by atoms with Gasteiger partial charge in [-0.3, -0.25) is 0 Å². The lowest BCUT2D eigenvalue weighted by molar-refractivity contribution is 0.304. The Morgan fingerprint density at radius 2 is 1.45 bits per heavy atom. The van der Waals surface area contributed by atoms with Crippen molar-refractivity contribution in [3.63, 3.8) is 0 Å². The van der Waals surface area contributed by atoms with E-state index in [-0.39, 0.29) is 22.4 Å². The van der Waals surface area contributed by atoms with E-state index in [2.05, 4.69) is 10.2 Å². The van der Waals surface area contributed by atoms with Gasteiger partial charge in [-0.1, -0.05) is 23.7 Å². The number of hydrogen-bond acceptors (Lipinski definition) is 5. The zero-order valence-electron chi connectivity index (χ0n) is 16.4. The monoisotopic (exact) mass is 442 g/mol. The summed E-state index contributed by atoms with van der Waals surface area (Å²) in [5.41, 5.74) is 1.74. The number of hydrogen-bond donors (Lipinski definition) is 0. The Hall–Kier alpha value is -3.45. The van der Waals surface area contributed by atoms with Crippen molar-refractivity contribution in [1.82, 2.24) is 10.2 Å². The van der Waals surface area contributed by atoms with Gasteiger partial charge in [0.15, 0.2) is 11.6 Å². The molecule has 0 N–H and O–H groups in total. The highest BCUT2D eigenvalue weighted by molar-refractivity contribution is 6.33. The molecule has 1 aromatic heterocycles. The Morgan fingerprint density at radius 3 is 2.13 bits per heavy atom. The first-order valence-electron chi connectivity index (χ1n) is 9.47. The number of halogens is 3. The maximum absolute atomic E-state index is 13.5. The predicted molar refractivity (Wildman–Crippen MR) is 112 cm³/mol. The van der Waals surface area contributed by atoms with Gasteiger partial charge < -0.3 is 13.9 Å². The fraction of sp³-hybridized carbons (Fsp3) is 0.130. The summed E-state index contributed by atoms with van der Waals surface area (Å²) in [6.45, 7) is 2.93. The van der Waals surface area contributed by atoms with Crippen LogP contribution in [0.2, 0.25) is 5.02 Å². The molecule has 5 nitrogen and oxygen atoms in total. The standard InChI is InChI=1S/C23H17ClF2N2O3/c1-2-29-16-7-9-17(10-8-16)30-13-14-3-5-15(6-4-14)22-27-28-23(31-22)18-11-20(25)21(26)12-19(18)24/h3-12H,2,13H2,1H3. The Balaban J connectivity index is 1.43. The van der Waals surface area contributed by atoms with Gasteiger partial charge in [-0.25, -0.2) is 8.78 Å². The summed E-state index contributed by atoms with van der Waals surface area (Å²) < 4.78 is 43.6. The number of aromatic nitrogens is 2. The summed E-state index contributed by atoms with van der Waals surface area (Å²) in [4.78, 5) is 0. The third kappa shape index (κ3) is 4.83. The molecule has 0 saturated heterocycles. The Bertz CT molecular complexity index is 1180. The molecule has 4 rings (SSSR count). The minimum absolute atomic E-state index is 0.00168. The van der Waals surface area contributed by atoms with Crippen LogP contribution in [0.1, 0.15) is 12.5 Å². The van der Waals surface area contributed by atoms with Gasteiger partial charge in [-0.05, 0) is 61.0 Å². The van der Waals surface area contributed by atoms with Gasteiger partial charge in [0.2, 0.25) is 11.8 Å². The smallest absolute Gasteiger partial charge is 0.249 e. The second-order valence-corrected chi connectivity index (χ2v) is 6.96. The van der Waals surface area contributed by atoms with E-state index in [0.717, 1.165) is 29.2 Å². The van der Waals surface area contributed by atoms with Crippen LogP contribution in [-0.4, -0.2) is 16.8 Å². The van der Waals surface area contributed by atoms with E-state index in [4.69, 9.17) is 25.5 Å². The molecule has 158 valence electrons. The van der Waals surface area contributed by atoms with Gasteiger partial charge in [0.1, 0.15) is 18.1 Å². The van der Waals surface area contributed by atoms with Crippen molar-refractivity contribution >= 4 is 11.6 Å². The summed E-state index contributed by atoms with van der Waals surface area (Å²) in [7, 11) is 0. The first kappa shape index (κ1) is 20.8. The third-order valence-electron chi connectivity index (χ3n) is 4.41. The van der Waals surface area contributed by atoms with Crippen molar-refractivity contribution in [2.45, 2.75) is 13.5 Å². The van der Waals surface area contributed by atoms with Crippen molar-refractivity contribution in [2.75, 3.05) is 6.61 Å². The van der Waals surface area contributed by atoms with Crippen LogP contribution in [0.3, 0.4) is 0 Å². The molecule has 8 heteroatoms. The van der Waals surface area contributed by atoms with Gasteiger partial charge in [0.05, 0.1) is 17.2 Å². The van der Waals surface area contributed by atoms with Crippen molar-refractivity contribution < 1.29 is 22.7 Å². The van der Waals surface area contributed by atoms with Crippen LogP contribution < -0.4 is 9.47 Å². The molecule has 0 amide bonds. The lowest BCUT2D eigenvalue weighted by Crippen LogP contribution is -1.96. The molecular weight excluding hydrogens is 426 g/mol. The summed E-state index contributed by atoms with van der Waals surface area (Å²) in [5, 5.41) is 7.84. The van der Waals surface area contributed by atoms with Crippen LogP contribution in [0.4, 0.5) is 8.78 Å². The normalized spacial score (nSPS) is 10.8. The lowest BCUT2D eigenvalue weighted by Gasteiger charge is -2.08. The highest BCUT2D eigenvalue weighted by atomic mass is 35.5. The molecule has 1 heterocycles. The number of ether oxygens (including phenoxy) is 2. The Labute approximate surface area is 182 Å². The second kappa shape index (κ2) is 9.14. The molecule has 0 atom stereocenters. The van der Waals surface area contributed by atoms with Crippen LogP contribution in [0.25, 0.3) is 22.9 Å². The quantitative estimate of drug-likeness (QED) is 0.314. The van der Waals surface area contributed by atoms with E-state index in [1.54, 1.807) is 12.1 Å². The van der Waals surface area contributed by atoms with E-state index >= 15 is 0 Å². The van der Waals surface area contributed by atoms with Crippen LogP contribution in [0.15, 0.2) is 65.1 Å². The van der Waals surface area contributed by atoms with Gasteiger partial charge in [-0.2, -0.15) is 0 Å². The molecule has 0 aliphatic heterocycles. The molecular formula is C23H17ClF2N2O3. The van der Waals surface area contributed by atoms with Crippen molar-refractivity contribution in [3.8, 4) is 34.4 Å². The number of benzene rings is 3. The van der Waals surface area contributed by atoms with Crippen LogP contribution in [0.5, 0.6) is 11.5 Å². The van der Waals surface area contributed by atoms with Crippen molar-refractivity contribution in [1.29, 1.82) is 0 Å². The molecule has 0 unspecified atom stereocenters. The molecule has 0 fully saturated rings. The molecule has 31 heavy (non-hydrogen) atoms. The van der Waals surface area contributed by atoms with Crippen molar-refractivity contribution in [2.24, 2.45) is 0 Å². The van der Waals surface area contributed by atoms with E-state index in [9.17, 15) is 8.78 Å². The van der Waals surface area contributed by atoms with E-state index in [1.165, 1.54) is 0 Å². The number of rotatable bonds is 7. The van der Waals surface area contributed by atoms with Gasteiger partial charge >= 0.3 is 0 Å². The molecule has 0 saturated carbocycles. The van der Waals surface area contributed by atoms with Gasteiger partial charge in [0.25, 0.3) is 0 Å². The molecule has 0 aliphatic rings. The van der Waals surface area contributed by atoms with Crippen molar-refractivity contribution in [3.05, 3.63) is 82.9 Å². The average Bonchev–Trinajstić information content (AvgIpc) is 3.26. The minimum Gasteiger partial charge on any atom is -0.494 e. The molecule has 4 aromatic rings. The third-order valence-corrected chi connectivity index (χ3v) is 4.72. The number of nitrogens with zero attached hydrogens (tertiary/aromatic N) is 2. The Kier molecular flexibility index (Phi) is 6.13. The SMILES string of the molecule is CCOc1ccc(OCc2ccc(-c3nnc(-c4cc(F)c(F)cc4Cl)o3)cc2)cc1. The summed E-state index contributed by atoms with van der Waals surface area (Å²) in [6, 6.07) is 16.6.